The van der Waals surface area contributed by atoms with E-state index in [2.05, 4.69) is 12.2 Å². The molecule has 1 rings (SSSR count). The first-order valence-corrected chi connectivity index (χ1v) is 1.72. The van der Waals surface area contributed by atoms with Gasteiger partial charge in [0.05, 0.1) is 0 Å². The predicted octanol–water partition coefficient (Wildman–Crippen LogP) is 4.91. The molecule has 0 bridgehead atoms. The van der Waals surface area contributed by atoms with Gasteiger partial charge in [-0.1, -0.05) is 0 Å². The monoisotopic (exact) mass is 233 g/mol. The normalized spacial score (nSPS) is 6.29. The summed E-state index contributed by atoms with van der Waals surface area (Å²) in [4.78, 5) is 0. The SMILES string of the molecule is [C-]1=CC=CC1.[CH3-].[CH3-].[CH3-].[CH3-].[CH3-].[CH3-].[CH3-].[CH3-].[Ti+4]. The number of rotatable bonds is 0. The van der Waals surface area contributed by atoms with Gasteiger partial charge in [-0.3, -0.25) is 6.08 Å². The van der Waals surface area contributed by atoms with Crippen LogP contribution < -0.4 is 0 Å². The molecule has 0 N–H and O–H groups in total. The second-order valence-electron chi connectivity index (χ2n) is 1.00. The van der Waals surface area contributed by atoms with Gasteiger partial charge in [0.15, 0.2) is 0 Å². The van der Waals surface area contributed by atoms with Crippen LogP contribution in [0.25, 0.3) is 0 Å². The van der Waals surface area contributed by atoms with E-state index in [4.69, 9.17) is 0 Å². The first-order valence-electron chi connectivity index (χ1n) is 1.72. The Morgan fingerprint density at radius 1 is 0.714 bits per heavy atom. The molecule has 0 atom stereocenters. The average Bonchev–Trinajstić information content (AvgIpc) is 1.76. The molecule has 0 radical (unpaired) electrons. The number of allylic oxidation sites excluding steroid dienone is 4. The summed E-state index contributed by atoms with van der Waals surface area (Å²) in [5.74, 6) is 0. The zero-order valence-electron chi connectivity index (χ0n) is 11.4. The van der Waals surface area contributed by atoms with E-state index in [9.17, 15) is 0 Å². The van der Waals surface area contributed by atoms with Gasteiger partial charge in [-0.15, -0.1) is 6.42 Å². The van der Waals surface area contributed by atoms with E-state index in [0.29, 0.717) is 0 Å². The van der Waals surface area contributed by atoms with Crippen LogP contribution in [0.1, 0.15) is 6.42 Å². The molecule has 0 aromatic carbocycles. The van der Waals surface area contributed by atoms with Crippen LogP contribution in [0.4, 0.5) is 0 Å². The molecule has 0 aromatic rings. The molecule has 0 saturated heterocycles. The van der Waals surface area contributed by atoms with Crippen molar-refractivity contribution in [1.29, 1.82) is 0 Å². The van der Waals surface area contributed by atoms with Crippen molar-refractivity contribution in [3.63, 3.8) is 0 Å². The van der Waals surface area contributed by atoms with Gasteiger partial charge in [-0.05, 0) is 0 Å². The summed E-state index contributed by atoms with van der Waals surface area (Å²) in [5, 5.41) is 0. The third kappa shape index (κ3) is 56.6. The molecule has 1 aliphatic carbocycles. The summed E-state index contributed by atoms with van der Waals surface area (Å²) >= 11 is 0. The van der Waals surface area contributed by atoms with Crippen molar-refractivity contribution in [3.05, 3.63) is 83.7 Å². The molecule has 0 aliphatic heterocycles. The third-order valence-electron chi connectivity index (χ3n) is 0.586. The Labute approximate surface area is 112 Å². The third-order valence-corrected chi connectivity index (χ3v) is 0.586. The van der Waals surface area contributed by atoms with E-state index in [1.807, 2.05) is 12.2 Å². The van der Waals surface area contributed by atoms with Crippen LogP contribution in [0.3, 0.4) is 0 Å². The van der Waals surface area contributed by atoms with Crippen LogP contribution in [0.5, 0.6) is 0 Å². The molecular weight excluding hydrogens is 204 g/mol. The van der Waals surface area contributed by atoms with E-state index in [-0.39, 0.29) is 81.1 Å². The fourth-order valence-corrected chi connectivity index (χ4v) is 0.340. The Morgan fingerprint density at radius 2 is 1.07 bits per heavy atom. The molecule has 90 valence electrons. The minimum atomic E-state index is 0. The predicted molar refractivity (Wildman–Crippen MR) is 72.9 cm³/mol. The minimum Gasteiger partial charge on any atom is -0.358 e. The van der Waals surface area contributed by atoms with Crippen LogP contribution in [0.2, 0.25) is 0 Å². The standard InChI is InChI=1S/C5H5.8CH3.Ti/c1-2-4-5-3-1;;;;;;;;;/h1-3H,4H2;8*1H3;/q9*-1;+4. The largest absolute Gasteiger partial charge is 4.00 e. The first kappa shape index (κ1) is 91.6. The Hall–Kier alpha value is 0.194. The van der Waals surface area contributed by atoms with Gasteiger partial charge in [-0.2, -0.15) is 6.08 Å². The van der Waals surface area contributed by atoms with Gasteiger partial charge in [0, 0.05) is 0 Å². The van der Waals surface area contributed by atoms with Crippen LogP contribution in [-0.2, 0) is 21.7 Å². The number of hydrogen-bond donors (Lipinski definition) is 0. The van der Waals surface area contributed by atoms with Crippen molar-refractivity contribution >= 4 is 0 Å². The van der Waals surface area contributed by atoms with Crippen LogP contribution in [-0.4, -0.2) is 0 Å². The Bertz CT molecular complexity index is 63.3. The molecule has 0 aromatic heterocycles. The van der Waals surface area contributed by atoms with Gasteiger partial charge >= 0.3 is 21.7 Å². The fourth-order valence-electron chi connectivity index (χ4n) is 0.340. The van der Waals surface area contributed by atoms with Crippen LogP contribution in [0, 0.1) is 65.5 Å². The fraction of sp³-hybridized carbons (Fsp3) is 0.0769. The molecule has 0 amide bonds. The molecular formula is C13H29Ti-5. The van der Waals surface area contributed by atoms with Gasteiger partial charge in [0.1, 0.15) is 0 Å². The molecule has 0 unspecified atom stereocenters. The van der Waals surface area contributed by atoms with Crippen molar-refractivity contribution < 1.29 is 21.7 Å². The molecule has 0 saturated carbocycles. The van der Waals surface area contributed by atoms with E-state index in [0.717, 1.165) is 6.42 Å². The second kappa shape index (κ2) is 72.7. The summed E-state index contributed by atoms with van der Waals surface area (Å²) in [6.07, 6.45) is 10.0. The number of hydrogen-bond acceptors (Lipinski definition) is 0. The van der Waals surface area contributed by atoms with Crippen LogP contribution >= 0.6 is 0 Å². The average molecular weight is 233 g/mol. The van der Waals surface area contributed by atoms with Crippen LogP contribution in [0.15, 0.2) is 18.2 Å². The molecule has 1 heteroatoms. The summed E-state index contributed by atoms with van der Waals surface area (Å²) < 4.78 is 0. The first-order chi connectivity index (χ1) is 2.50. The van der Waals surface area contributed by atoms with Gasteiger partial charge in [0.25, 0.3) is 0 Å². The Balaban J connectivity index is -0.00000000397. The molecule has 14 heavy (non-hydrogen) atoms. The maximum atomic E-state index is 2.99. The molecule has 0 spiro atoms. The van der Waals surface area contributed by atoms with Gasteiger partial charge in [0.2, 0.25) is 0 Å². The van der Waals surface area contributed by atoms with Crippen molar-refractivity contribution in [2.24, 2.45) is 0 Å². The molecule has 0 nitrogen and oxygen atoms in total. The quantitative estimate of drug-likeness (QED) is 0.412. The van der Waals surface area contributed by atoms with E-state index in [1.165, 1.54) is 0 Å². The zero-order valence-corrected chi connectivity index (χ0v) is 13.0. The Kier molecular flexibility index (Phi) is 476. The Morgan fingerprint density at radius 3 is 1.14 bits per heavy atom. The van der Waals surface area contributed by atoms with Crippen molar-refractivity contribution in [2.75, 3.05) is 0 Å². The summed E-state index contributed by atoms with van der Waals surface area (Å²) in [6, 6.07) is 0. The molecule has 0 heterocycles. The van der Waals surface area contributed by atoms with Crippen molar-refractivity contribution in [2.45, 2.75) is 6.42 Å². The van der Waals surface area contributed by atoms with Gasteiger partial charge in [-0.25, -0.2) is 12.2 Å². The van der Waals surface area contributed by atoms with E-state index in [1.54, 1.807) is 0 Å². The maximum absolute atomic E-state index is 2.99. The topological polar surface area (TPSA) is 0 Å². The summed E-state index contributed by atoms with van der Waals surface area (Å²) in [6.45, 7) is 0. The zero-order chi connectivity index (χ0) is 3.54. The van der Waals surface area contributed by atoms with E-state index < -0.39 is 0 Å². The smallest absolute Gasteiger partial charge is 0.358 e. The molecule has 1 aliphatic rings. The van der Waals surface area contributed by atoms with Crippen molar-refractivity contribution in [1.82, 2.24) is 0 Å². The maximum Gasteiger partial charge on any atom is 4.00 e. The summed E-state index contributed by atoms with van der Waals surface area (Å²) in [5.41, 5.74) is 0. The van der Waals surface area contributed by atoms with E-state index >= 15 is 0 Å². The second-order valence-corrected chi connectivity index (χ2v) is 1.00. The summed E-state index contributed by atoms with van der Waals surface area (Å²) in [7, 11) is 0. The molecule has 0 fully saturated rings. The van der Waals surface area contributed by atoms with Crippen molar-refractivity contribution in [3.8, 4) is 0 Å². The minimum absolute atomic E-state index is 0. The van der Waals surface area contributed by atoms with Gasteiger partial charge < -0.3 is 59.4 Å².